The van der Waals surface area contributed by atoms with Crippen LogP contribution in [-0.4, -0.2) is 47.6 Å². The lowest BCUT2D eigenvalue weighted by atomic mass is 9.84. The minimum absolute atomic E-state index is 0.0415. The highest BCUT2D eigenvalue weighted by atomic mass is 16.5. The Labute approximate surface area is 312 Å². The van der Waals surface area contributed by atoms with Crippen LogP contribution in [-0.2, 0) is 14.3 Å². The summed E-state index contributed by atoms with van der Waals surface area (Å²) in [6, 6.07) is 8.60. The van der Waals surface area contributed by atoms with Gasteiger partial charge >= 0.3 is 5.97 Å². The monoisotopic (exact) mass is 719 g/mol. The molecule has 0 spiro atoms. The molecule has 1 heterocycles. The van der Waals surface area contributed by atoms with Gasteiger partial charge in [0.15, 0.2) is 0 Å². The van der Waals surface area contributed by atoms with Gasteiger partial charge in [0.2, 0.25) is 5.91 Å². The maximum atomic E-state index is 13.6. The van der Waals surface area contributed by atoms with Crippen LogP contribution in [0.5, 0.6) is 17.2 Å². The van der Waals surface area contributed by atoms with E-state index < -0.39 is 23.7 Å². The van der Waals surface area contributed by atoms with Crippen LogP contribution in [0.2, 0.25) is 0 Å². The van der Waals surface area contributed by atoms with Crippen molar-refractivity contribution >= 4 is 23.7 Å². The Morgan fingerprint density at radius 3 is 2.10 bits per heavy atom. The average Bonchev–Trinajstić information content (AvgIpc) is 3.12. The maximum absolute atomic E-state index is 13.6. The molecular weight excluding hydrogens is 654 g/mol. The second-order valence-corrected chi connectivity index (χ2v) is 14.5. The minimum atomic E-state index is -0.749. The second-order valence-electron chi connectivity index (χ2n) is 14.5. The number of hydrogen-bond acceptors (Lipinski definition) is 7. The van der Waals surface area contributed by atoms with Crippen molar-refractivity contribution in [2.24, 2.45) is 0 Å². The summed E-state index contributed by atoms with van der Waals surface area (Å²) < 4.78 is 11.1. The van der Waals surface area contributed by atoms with Crippen LogP contribution in [0.4, 0.5) is 0 Å². The standard InChI is InChI=1S/C44H65NO7/c1-4-5-6-7-8-9-10-11-12-13-14-15-16-20-30-45-40(48)32-38(34-26-28-37(51-3)29-27-34)42-39(47)31-35-23-18-17-19-24-36(46)25-21-22-33(2)52-44(50)41(35)43(42)49/h18,23,26-29,31,33,38,47,49H,4-17,19-22,24-25,30,32H2,1-3H3,(H,45,48)/b23-18+/t33-,38?/m0/s1. The predicted molar refractivity (Wildman–Crippen MR) is 209 cm³/mol. The minimum Gasteiger partial charge on any atom is -0.507 e. The number of nitrogens with one attached hydrogen (secondary N) is 1. The lowest BCUT2D eigenvalue weighted by Crippen LogP contribution is -2.26. The molecule has 0 bridgehead atoms. The summed E-state index contributed by atoms with van der Waals surface area (Å²) in [7, 11) is 1.57. The van der Waals surface area contributed by atoms with Crippen molar-refractivity contribution in [3.05, 3.63) is 58.7 Å². The molecule has 1 amide bonds. The number of hydrogen-bond donors (Lipinski definition) is 3. The first-order valence-electron chi connectivity index (χ1n) is 20.1. The number of fused-ring (bicyclic) bond motifs is 1. The fourth-order valence-corrected chi connectivity index (χ4v) is 7.05. The van der Waals surface area contributed by atoms with Gasteiger partial charge in [-0.2, -0.15) is 0 Å². The Kier molecular flexibility index (Phi) is 20.0. The topological polar surface area (TPSA) is 122 Å². The van der Waals surface area contributed by atoms with Crippen LogP contribution in [0.3, 0.4) is 0 Å². The van der Waals surface area contributed by atoms with Gasteiger partial charge in [0.1, 0.15) is 28.6 Å². The van der Waals surface area contributed by atoms with E-state index in [9.17, 15) is 24.6 Å². The zero-order valence-electron chi connectivity index (χ0n) is 32.2. The fourth-order valence-electron chi connectivity index (χ4n) is 7.05. The Hall–Kier alpha value is -3.81. The molecule has 2 aromatic carbocycles. The van der Waals surface area contributed by atoms with E-state index in [0.29, 0.717) is 61.9 Å². The lowest BCUT2D eigenvalue weighted by molar-refractivity contribution is -0.121. The number of rotatable bonds is 20. The van der Waals surface area contributed by atoms with Gasteiger partial charge in [0, 0.05) is 37.3 Å². The number of ketones is 1. The van der Waals surface area contributed by atoms with E-state index in [1.54, 1.807) is 44.4 Å². The number of unbranched alkanes of at least 4 members (excludes halogenated alkanes) is 13. The molecule has 0 radical (unpaired) electrons. The van der Waals surface area contributed by atoms with Crippen LogP contribution in [0.15, 0.2) is 36.4 Å². The van der Waals surface area contributed by atoms with Crippen molar-refractivity contribution in [2.75, 3.05) is 13.7 Å². The highest BCUT2D eigenvalue weighted by Gasteiger charge is 2.31. The van der Waals surface area contributed by atoms with Crippen LogP contribution in [0.1, 0.15) is 182 Å². The summed E-state index contributed by atoms with van der Waals surface area (Å²) in [6.45, 7) is 4.58. The quantitative estimate of drug-likeness (QED) is 0.0919. The molecule has 0 saturated heterocycles. The Morgan fingerprint density at radius 2 is 1.48 bits per heavy atom. The van der Waals surface area contributed by atoms with E-state index in [0.717, 1.165) is 19.3 Å². The van der Waals surface area contributed by atoms with Gasteiger partial charge in [-0.1, -0.05) is 115 Å². The zero-order valence-corrected chi connectivity index (χ0v) is 32.2. The molecule has 0 aromatic heterocycles. The van der Waals surface area contributed by atoms with Gasteiger partial charge < -0.3 is 25.0 Å². The van der Waals surface area contributed by atoms with Crippen LogP contribution in [0.25, 0.3) is 6.08 Å². The van der Waals surface area contributed by atoms with E-state index in [1.807, 2.05) is 6.08 Å². The molecule has 3 N–H and O–H groups in total. The Bertz CT molecular complexity index is 1400. The molecule has 52 heavy (non-hydrogen) atoms. The Morgan fingerprint density at radius 1 is 0.885 bits per heavy atom. The number of esters is 1. The smallest absolute Gasteiger partial charge is 0.342 e. The zero-order chi connectivity index (χ0) is 37.6. The van der Waals surface area contributed by atoms with Gasteiger partial charge in [-0.15, -0.1) is 0 Å². The molecule has 0 saturated carbocycles. The molecule has 2 atom stereocenters. The van der Waals surface area contributed by atoms with E-state index in [4.69, 9.17) is 9.47 Å². The number of cyclic esters (lactones) is 1. The number of benzene rings is 2. The number of carbonyl (C=O) groups is 3. The third kappa shape index (κ3) is 15.0. The number of methoxy groups -OCH3 is 1. The molecule has 288 valence electrons. The van der Waals surface area contributed by atoms with Crippen molar-refractivity contribution in [3.8, 4) is 17.2 Å². The lowest BCUT2D eigenvalue weighted by Gasteiger charge is -2.23. The van der Waals surface area contributed by atoms with Gasteiger partial charge in [0.25, 0.3) is 0 Å². The van der Waals surface area contributed by atoms with E-state index in [-0.39, 0.29) is 35.0 Å². The summed E-state index contributed by atoms with van der Waals surface area (Å²) >= 11 is 0. The molecule has 0 aliphatic carbocycles. The van der Waals surface area contributed by atoms with Gasteiger partial charge in [-0.3, -0.25) is 9.59 Å². The number of aromatic hydroxyl groups is 2. The van der Waals surface area contributed by atoms with Crippen LogP contribution < -0.4 is 10.1 Å². The molecule has 3 rings (SSSR count). The number of allylic oxidation sites excluding steroid dienone is 1. The molecule has 8 nitrogen and oxygen atoms in total. The largest absolute Gasteiger partial charge is 0.507 e. The highest BCUT2D eigenvalue weighted by molar-refractivity contribution is 5.98. The maximum Gasteiger partial charge on any atom is 0.342 e. The van der Waals surface area contributed by atoms with Crippen LogP contribution in [0, 0.1) is 0 Å². The SMILES string of the molecule is CCCCCCCCCCCCCCCCNC(=O)CC(c1ccc(OC)cc1)c1c(O)cc2c(c1O)C(=O)O[C@@H](C)CCCC(=O)CCC/C=C/2. The first-order chi connectivity index (χ1) is 25.2. The highest BCUT2D eigenvalue weighted by Crippen LogP contribution is 2.44. The molecule has 2 aromatic rings. The number of carbonyl (C=O) groups excluding carboxylic acids is 3. The van der Waals surface area contributed by atoms with Gasteiger partial charge in [0.05, 0.1) is 13.2 Å². The third-order valence-electron chi connectivity index (χ3n) is 10.2. The van der Waals surface area contributed by atoms with Crippen molar-refractivity contribution in [1.29, 1.82) is 0 Å². The number of amides is 1. The van der Waals surface area contributed by atoms with Crippen LogP contribution >= 0.6 is 0 Å². The second kappa shape index (κ2) is 24.4. The number of phenolic OH excluding ortho intramolecular Hbond substituents is 2. The molecule has 0 fully saturated rings. The summed E-state index contributed by atoms with van der Waals surface area (Å²) in [5, 5.41) is 26.2. The Balaban J connectivity index is 1.66. The van der Waals surface area contributed by atoms with Crippen molar-refractivity contribution in [1.82, 2.24) is 5.32 Å². The number of Topliss-reactive ketones (excluding diaryl/α,β-unsaturated/α-hetero) is 1. The summed E-state index contributed by atoms with van der Waals surface area (Å²) in [5.74, 6) is -1.48. The molecule has 8 heteroatoms. The van der Waals surface area contributed by atoms with Crippen molar-refractivity contribution in [3.63, 3.8) is 0 Å². The van der Waals surface area contributed by atoms with E-state index >= 15 is 0 Å². The normalized spacial score (nSPS) is 16.7. The summed E-state index contributed by atoms with van der Waals surface area (Å²) in [5.41, 5.74) is 1.04. The first-order valence-corrected chi connectivity index (χ1v) is 20.1. The number of ether oxygens (including phenoxy) is 2. The first kappa shape index (κ1) is 42.6. The summed E-state index contributed by atoms with van der Waals surface area (Å²) in [4.78, 5) is 39.2. The molecule has 1 unspecified atom stereocenters. The van der Waals surface area contributed by atoms with E-state index in [2.05, 4.69) is 12.2 Å². The fraction of sp³-hybridized carbons (Fsp3) is 0.614. The van der Waals surface area contributed by atoms with Gasteiger partial charge in [-0.25, -0.2) is 4.79 Å². The van der Waals surface area contributed by atoms with E-state index in [1.165, 1.54) is 76.7 Å². The summed E-state index contributed by atoms with van der Waals surface area (Å²) in [6.07, 6.45) is 24.0. The van der Waals surface area contributed by atoms with Crippen molar-refractivity contribution in [2.45, 2.75) is 161 Å². The number of phenols is 2. The third-order valence-corrected chi connectivity index (χ3v) is 10.2. The molecule has 1 aliphatic rings. The molecular formula is C44H65NO7. The predicted octanol–water partition coefficient (Wildman–Crippen LogP) is 10.7. The average molecular weight is 720 g/mol. The van der Waals surface area contributed by atoms with Crippen molar-refractivity contribution < 1.29 is 34.1 Å². The molecule has 1 aliphatic heterocycles. The van der Waals surface area contributed by atoms with Gasteiger partial charge in [-0.05, 0) is 68.4 Å².